The molecule has 3 nitrogen and oxygen atoms in total. The fourth-order valence-corrected chi connectivity index (χ4v) is 6.26. The second-order valence-corrected chi connectivity index (χ2v) is 13.1. The van der Waals surface area contributed by atoms with Crippen LogP contribution in [0, 0.1) is 5.41 Å². The van der Waals surface area contributed by atoms with E-state index in [4.69, 9.17) is 27.9 Å². The first kappa shape index (κ1) is 30.5. The number of halogens is 3. The summed E-state index contributed by atoms with van der Waals surface area (Å²) in [5.74, 6) is 0.318. The van der Waals surface area contributed by atoms with Crippen molar-refractivity contribution in [1.82, 2.24) is 4.90 Å². The van der Waals surface area contributed by atoms with Gasteiger partial charge >= 0.3 is 5.97 Å². The summed E-state index contributed by atoms with van der Waals surface area (Å²) < 4.78 is 18.4. The molecule has 3 aromatic carbocycles. The van der Waals surface area contributed by atoms with Crippen molar-refractivity contribution in [3.8, 4) is 5.75 Å². The largest absolute Gasteiger partial charge is 0.426 e. The Hall–Kier alpha value is -2.92. The first-order chi connectivity index (χ1) is 20.1. The molecule has 0 atom stereocenters. The number of esters is 1. The lowest BCUT2D eigenvalue weighted by molar-refractivity contribution is -0.143. The van der Waals surface area contributed by atoms with Crippen molar-refractivity contribution in [2.24, 2.45) is 5.41 Å². The number of carbonyl (C=O) groups excluding carboxylic acids is 1. The molecule has 6 heteroatoms. The maximum atomic E-state index is 12.6. The summed E-state index contributed by atoms with van der Waals surface area (Å²) in [6.45, 7) is 8.02. The lowest BCUT2D eigenvalue weighted by Gasteiger charge is -2.19. The van der Waals surface area contributed by atoms with E-state index in [1.165, 1.54) is 11.1 Å². The zero-order valence-electron chi connectivity index (χ0n) is 24.6. The summed E-state index contributed by atoms with van der Waals surface area (Å²) in [6.07, 6.45) is 6.53. The lowest BCUT2D eigenvalue weighted by atomic mass is 9.87. The van der Waals surface area contributed by atoms with Crippen LogP contribution >= 0.6 is 23.2 Å². The van der Waals surface area contributed by atoms with Gasteiger partial charge in [0, 0.05) is 29.7 Å². The molecule has 1 saturated heterocycles. The molecule has 0 amide bonds. The van der Waals surface area contributed by atoms with Crippen molar-refractivity contribution >= 4 is 46.4 Å². The minimum absolute atomic E-state index is 0.252. The van der Waals surface area contributed by atoms with Crippen LogP contribution in [-0.4, -0.2) is 37.2 Å². The molecule has 3 aromatic rings. The topological polar surface area (TPSA) is 29.5 Å². The first-order valence-electron chi connectivity index (χ1n) is 14.7. The highest BCUT2D eigenvalue weighted by Crippen LogP contribution is 2.43. The van der Waals surface area contributed by atoms with Gasteiger partial charge in [0.2, 0.25) is 0 Å². The standard InChI is InChI=1S/C36H38Cl2FNO2/c1-36(2,3)35(41)42-29-13-15-30-27(21-29)6-4-7-32(31-14-12-28(37)22-33(31)38)34(30)26-10-8-24(9-11-26)20-25-16-19-40(23-25)18-5-17-39/h8-15,20-22H,4-7,16-19,23H2,1-3H3. The Labute approximate surface area is 259 Å². The van der Waals surface area contributed by atoms with Crippen LogP contribution in [0.25, 0.3) is 17.2 Å². The molecule has 1 fully saturated rings. The molecule has 0 spiro atoms. The number of likely N-dealkylation sites (tertiary alicyclic amines) is 1. The van der Waals surface area contributed by atoms with E-state index in [1.807, 2.05) is 45.0 Å². The summed E-state index contributed by atoms with van der Waals surface area (Å²) in [5.41, 5.74) is 8.63. The number of hydrogen-bond acceptors (Lipinski definition) is 3. The molecule has 0 saturated carbocycles. The smallest absolute Gasteiger partial charge is 0.316 e. The monoisotopic (exact) mass is 605 g/mol. The summed E-state index contributed by atoms with van der Waals surface area (Å²) in [4.78, 5) is 14.9. The fourth-order valence-electron chi connectivity index (χ4n) is 5.74. The number of carbonyl (C=O) groups is 1. The van der Waals surface area contributed by atoms with E-state index in [-0.39, 0.29) is 12.6 Å². The third-order valence-electron chi connectivity index (χ3n) is 7.95. The molecule has 1 aliphatic heterocycles. The van der Waals surface area contributed by atoms with Gasteiger partial charge in [-0.05, 0) is 116 Å². The van der Waals surface area contributed by atoms with Crippen LogP contribution in [0.3, 0.4) is 0 Å². The van der Waals surface area contributed by atoms with Crippen LogP contribution in [0.15, 0.2) is 66.2 Å². The average molecular weight is 607 g/mol. The van der Waals surface area contributed by atoms with Gasteiger partial charge in [0.15, 0.2) is 0 Å². The highest BCUT2D eigenvalue weighted by molar-refractivity contribution is 6.36. The van der Waals surface area contributed by atoms with Crippen molar-refractivity contribution in [2.45, 2.75) is 52.9 Å². The Kier molecular flexibility index (Phi) is 9.57. The molecule has 42 heavy (non-hydrogen) atoms. The van der Waals surface area contributed by atoms with E-state index in [1.54, 1.807) is 6.07 Å². The number of ether oxygens (including phenoxy) is 1. The third kappa shape index (κ3) is 7.16. The Bertz CT molecular complexity index is 1520. The number of rotatable bonds is 7. The normalized spacial score (nSPS) is 17.0. The molecule has 2 aliphatic rings. The Morgan fingerprint density at radius 2 is 1.74 bits per heavy atom. The maximum absolute atomic E-state index is 12.6. The van der Waals surface area contributed by atoms with Crippen LogP contribution in [0.1, 0.15) is 74.3 Å². The zero-order valence-corrected chi connectivity index (χ0v) is 26.1. The van der Waals surface area contributed by atoms with Gasteiger partial charge in [-0.25, -0.2) is 0 Å². The van der Waals surface area contributed by atoms with Gasteiger partial charge in [0.05, 0.1) is 12.1 Å². The van der Waals surface area contributed by atoms with Crippen molar-refractivity contribution in [3.05, 3.63) is 104 Å². The molecule has 0 radical (unpaired) electrons. The molecular weight excluding hydrogens is 568 g/mol. The van der Waals surface area contributed by atoms with Gasteiger partial charge < -0.3 is 4.74 Å². The molecule has 1 aliphatic carbocycles. The van der Waals surface area contributed by atoms with Crippen LogP contribution < -0.4 is 4.74 Å². The van der Waals surface area contributed by atoms with Crippen molar-refractivity contribution in [2.75, 3.05) is 26.3 Å². The van der Waals surface area contributed by atoms with Gasteiger partial charge in [-0.3, -0.25) is 14.1 Å². The van der Waals surface area contributed by atoms with E-state index in [9.17, 15) is 9.18 Å². The summed E-state index contributed by atoms with van der Waals surface area (Å²) in [5, 5.41) is 1.24. The van der Waals surface area contributed by atoms with E-state index < -0.39 is 5.41 Å². The van der Waals surface area contributed by atoms with Gasteiger partial charge in [0.25, 0.3) is 0 Å². The van der Waals surface area contributed by atoms with Gasteiger partial charge in [0.1, 0.15) is 5.75 Å². The number of hydrogen-bond donors (Lipinski definition) is 0. The van der Waals surface area contributed by atoms with Crippen molar-refractivity contribution < 1.29 is 13.9 Å². The SMILES string of the molecule is CC(C)(C)C(=O)Oc1ccc2c(c1)CCCC(c1ccc(Cl)cc1Cl)=C2c1ccc(C=C2CCN(CCCF)C2)cc1. The minimum Gasteiger partial charge on any atom is -0.426 e. The van der Waals surface area contributed by atoms with Gasteiger partial charge in [-0.2, -0.15) is 0 Å². The second kappa shape index (κ2) is 13.2. The predicted octanol–water partition coefficient (Wildman–Crippen LogP) is 9.69. The van der Waals surface area contributed by atoms with Crippen molar-refractivity contribution in [1.29, 1.82) is 0 Å². The molecule has 220 valence electrons. The number of benzene rings is 3. The Balaban J connectivity index is 1.54. The first-order valence-corrected chi connectivity index (χ1v) is 15.5. The quantitative estimate of drug-likeness (QED) is 0.198. The van der Waals surface area contributed by atoms with E-state index in [0.29, 0.717) is 22.2 Å². The minimum atomic E-state index is -0.585. The molecule has 5 rings (SSSR count). The number of allylic oxidation sites excluding steroid dienone is 1. The van der Waals surface area contributed by atoms with E-state index in [2.05, 4.69) is 41.3 Å². The van der Waals surface area contributed by atoms with Crippen LogP contribution in [0.4, 0.5) is 4.39 Å². The third-order valence-corrected chi connectivity index (χ3v) is 8.50. The van der Waals surface area contributed by atoms with Crippen LogP contribution in [-0.2, 0) is 11.2 Å². The summed E-state index contributed by atoms with van der Waals surface area (Å²) in [7, 11) is 0. The van der Waals surface area contributed by atoms with Crippen LogP contribution in [0.2, 0.25) is 10.0 Å². The molecule has 0 bridgehead atoms. The summed E-state index contributed by atoms with van der Waals surface area (Å²) >= 11 is 13.0. The highest BCUT2D eigenvalue weighted by atomic mass is 35.5. The maximum Gasteiger partial charge on any atom is 0.316 e. The summed E-state index contributed by atoms with van der Waals surface area (Å²) in [6, 6.07) is 20.4. The predicted molar refractivity (Wildman–Crippen MR) is 173 cm³/mol. The zero-order chi connectivity index (χ0) is 29.9. The second-order valence-electron chi connectivity index (χ2n) is 12.3. The lowest BCUT2D eigenvalue weighted by Crippen LogP contribution is -2.25. The van der Waals surface area contributed by atoms with Crippen LogP contribution in [0.5, 0.6) is 5.75 Å². The van der Waals surface area contributed by atoms with E-state index in [0.717, 1.165) is 78.7 Å². The number of fused-ring (bicyclic) bond motifs is 1. The number of nitrogens with zero attached hydrogens (tertiary/aromatic N) is 1. The fraction of sp³-hybridized carbons (Fsp3) is 0.361. The number of alkyl halides is 1. The van der Waals surface area contributed by atoms with Gasteiger partial charge in [-0.1, -0.05) is 71.2 Å². The van der Waals surface area contributed by atoms with Crippen molar-refractivity contribution in [3.63, 3.8) is 0 Å². The number of aryl methyl sites for hydroxylation is 1. The molecule has 0 unspecified atom stereocenters. The van der Waals surface area contributed by atoms with E-state index >= 15 is 0 Å². The Morgan fingerprint density at radius 1 is 0.976 bits per heavy atom. The highest BCUT2D eigenvalue weighted by Gasteiger charge is 2.26. The average Bonchev–Trinajstić information content (AvgIpc) is 3.31. The molecular formula is C36H38Cl2FNO2. The molecule has 1 heterocycles. The molecule has 0 N–H and O–H groups in total. The van der Waals surface area contributed by atoms with Gasteiger partial charge in [-0.15, -0.1) is 0 Å². The Morgan fingerprint density at radius 3 is 2.45 bits per heavy atom. The molecule has 0 aromatic heterocycles.